The van der Waals surface area contributed by atoms with Crippen molar-refractivity contribution in [2.45, 2.75) is 0 Å². The fourth-order valence-electron chi connectivity index (χ4n) is 1.68. The van der Waals surface area contributed by atoms with Gasteiger partial charge in [0.25, 0.3) is 11.8 Å². The highest BCUT2D eigenvalue weighted by molar-refractivity contribution is 7.12. The molecule has 0 saturated heterocycles. The van der Waals surface area contributed by atoms with Gasteiger partial charge in [-0.05, 0) is 29.6 Å². The van der Waals surface area contributed by atoms with Crippen LogP contribution in [0.25, 0.3) is 0 Å². The summed E-state index contributed by atoms with van der Waals surface area (Å²) in [6.45, 7) is -0.570. The number of methoxy groups -OCH3 is 1. The van der Waals surface area contributed by atoms with E-state index in [4.69, 9.17) is 21.1 Å². The van der Waals surface area contributed by atoms with Gasteiger partial charge in [0, 0.05) is 5.02 Å². The first-order valence-corrected chi connectivity index (χ1v) is 7.90. The van der Waals surface area contributed by atoms with Crippen molar-refractivity contribution >= 4 is 40.7 Å². The van der Waals surface area contributed by atoms with Gasteiger partial charge in [-0.15, -0.1) is 11.3 Å². The molecule has 0 saturated carbocycles. The topological polar surface area (TPSA) is 93.7 Å². The van der Waals surface area contributed by atoms with E-state index >= 15 is 0 Å². The number of hydrazine groups is 1. The van der Waals surface area contributed by atoms with E-state index in [0.717, 1.165) is 0 Å². The summed E-state index contributed by atoms with van der Waals surface area (Å²) in [6.07, 6.45) is 0. The molecule has 1 aromatic heterocycles. The van der Waals surface area contributed by atoms with Gasteiger partial charge in [-0.1, -0.05) is 17.7 Å². The number of hydrogen-bond acceptors (Lipinski definition) is 6. The molecule has 2 amide bonds. The summed E-state index contributed by atoms with van der Waals surface area (Å²) in [6, 6.07) is 7.77. The van der Waals surface area contributed by atoms with Crippen molar-refractivity contribution in [3.05, 3.63) is 51.2 Å². The van der Waals surface area contributed by atoms with Crippen molar-refractivity contribution in [1.29, 1.82) is 0 Å². The van der Waals surface area contributed by atoms with Gasteiger partial charge in [0.05, 0.1) is 12.0 Å². The van der Waals surface area contributed by atoms with Crippen LogP contribution in [0.1, 0.15) is 20.0 Å². The summed E-state index contributed by atoms with van der Waals surface area (Å²) in [4.78, 5) is 35.7. The van der Waals surface area contributed by atoms with Crippen LogP contribution in [0.2, 0.25) is 5.02 Å². The van der Waals surface area contributed by atoms with E-state index in [1.807, 2.05) is 0 Å². The molecule has 7 nitrogen and oxygen atoms in total. The number of halogens is 1. The molecule has 0 spiro atoms. The Hall–Kier alpha value is -2.58. The molecule has 0 atom stereocenters. The Kier molecular flexibility index (Phi) is 6.16. The summed E-state index contributed by atoms with van der Waals surface area (Å²) in [5, 5.41) is 2.06. The van der Waals surface area contributed by atoms with Crippen LogP contribution in [0.4, 0.5) is 0 Å². The summed E-state index contributed by atoms with van der Waals surface area (Å²) in [5.74, 6) is -1.64. The lowest BCUT2D eigenvalue weighted by Gasteiger charge is -2.10. The summed E-state index contributed by atoms with van der Waals surface area (Å²) >= 11 is 7.05. The first-order chi connectivity index (χ1) is 11.5. The van der Waals surface area contributed by atoms with E-state index in [1.54, 1.807) is 23.6 Å². The molecular weight excluding hydrogens is 356 g/mol. The minimum Gasteiger partial charge on any atom is -0.496 e. The van der Waals surface area contributed by atoms with Gasteiger partial charge >= 0.3 is 5.97 Å². The number of ether oxygens (including phenoxy) is 2. The van der Waals surface area contributed by atoms with Crippen LogP contribution < -0.4 is 15.6 Å². The van der Waals surface area contributed by atoms with E-state index in [1.165, 1.54) is 30.6 Å². The maximum Gasteiger partial charge on any atom is 0.342 e. The standard InChI is InChI=1S/C15H13ClN2O5S/c1-22-11-5-4-9(16)7-10(11)15(21)23-8-13(19)17-18-14(20)12-3-2-6-24-12/h2-7H,8H2,1H3,(H,17,19)(H,18,20). The van der Waals surface area contributed by atoms with Gasteiger partial charge in [-0.2, -0.15) is 0 Å². The molecule has 1 heterocycles. The molecule has 0 aliphatic heterocycles. The number of carbonyl (C=O) groups excluding carboxylic acids is 3. The Morgan fingerprint density at radius 3 is 2.67 bits per heavy atom. The lowest BCUT2D eigenvalue weighted by molar-refractivity contribution is -0.125. The molecule has 2 aromatic rings. The molecular formula is C15H13ClN2O5S. The monoisotopic (exact) mass is 368 g/mol. The van der Waals surface area contributed by atoms with Gasteiger partial charge in [0.15, 0.2) is 6.61 Å². The third kappa shape index (κ3) is 4.71. The van der Waals surface area contributed by atoms with Crippen molar-refractivity contribution in [2.75, 3.05) is 13.7 Å². The minimum atomic E-state index is -0.769. The van der Waals surface area contributed by atoms with Crippen molar-refractivity contribution in [2.24, 2.45) is 0 Å². The molecule has 0 unspecified atom stereocenters. The lowest BCUT2D eigenvalue weighted by atomic mass is 10.2. The SMILES string of the molecule is COc1ccc(Cl)cc1C(=O)OCC(=O)NNC(=O)c1cccs1. The zero-order chi connectivity index (χ0) is 17.5. The van der Waals surface area contributed by atoms with Crippen LogP contribution in [0.15, 0.2) is 35.7 Å². The summed E-state index contributed by atoms with van der Waals surface area (Å²) < 4.78 is 9.90. The number of esters is 1. The zero-order valence-electron chi connectivity index (χ0n) is 12.5. The average molecular weight is 369 g/mol. The smallest absolute Gasteiger partial charge is 0.342 e. The highest BCUT2D eigenvalue weighted by Crippen LogP contribution is 2.23. The van der Waals surface area contributed by atoms with Crippen LogP contribution in [0.3, 0.4) is 0 Å². The van der Waals surface area contributed by atoms with E-state index < -0.39 is 24.4 Å². The van der Waals surface area contributed by atoms with Crippen molar-refractivity contribution in [3.63, 3.8) is 0 Å². The predicted octanol–water partition coefficient (Wildman–Crippen LogP) is 2.03. The Labute approximate surface area is 146 Å². The van der Waals surface area contributed by atoms with Crippen LogP contribution in [-0.2, 0) is 9.53 Å². The van der Waals surface area contributed by atoms with E-state index in [0.29, 0.717) is 9.90 Å². The third-order valence-corrected chi connectivity index (χ3v) is 3.88. The van der Waals surface area contributed by atoms with Gasteiger partial charge in [0.2, 0.25) is 0 Å². The molecule has 0 bridgehead atoms. The molecule has 2 rings (SSSR count). The minimum absolute atomic E-state index is 0.0976. The Bertz CT molecular complexity index is 748. The number of benzene rings is 1. The van der Waals surface area contributed by atoms with Crippen molar-refractivity contribution in [3.8, 4) is 5.75 Å². The second-order valence-electron chi connectivity index (χ2n) is 4.40. The highest BCUT2D eigenvalue weighted by Gasteiger charge is 2.16. The van der Waals surface area contributed by atoms with Crippen LogP contribution in [0.5, 0.6) is 5.75 Å². The number of rotatable bonds is 5. The van der Waals surface area contributed by atoms with Gasteiger partial charge < -0.3 is 9.47 Å². The van der Waals surface area contributed by atoms with E-state index in [2.05, 4.69) is 10.9 Å². The van der Waals surface area contributed by atoms with Gasteiger partial charge in [-0.3, -0.25) is 20.4 Å². The predicted molar refractivity (Wildman–Crippen MR) is 88.2 cm³/mol. The molecule has 0 aliphatic carbocycles. The number of thiophene rings is 1. The first-order valence-electron chi connectivity index (χ1n) is 6.64. The highest BCUT2D eigenvalue weighted by atomic mass is 35.5. The molecule has 2 N–H and O–H groups in total. The van der Waals surface area contributed by atoms with Gasteiger partial charge in [-0.25, -0.2) is 4.79 Å². The zero-order valence-corrected chi connectivity index (χ0v) is 14.1. The largest absolute Gasteiger partial charge is 0.496 e. The fourth-order valence-corrected chi connectivity index (χ4v) is 2.47. The maximum absolute atomic E-state index is 12.0. The number of hydrogen-bond donors (Lipinski definition) is 2. The number of carbonyl (C=O) groups is 3. The van der Waals surface area contributed by atoms with Crippen LogP contribution in [-0.4, -0.2) is 31.5 Å². The second-order valence-corrected chi connectivity index (χ2v) is 5.78. The fraction of sp³-hybridized carbons (Fsp3) is 0.133. The van der Waals surface area contributed by atoms with E-state index in [-0.39, 0.29) is 11.3 Å². The molecule has 0 aliphatic rings. The van der Waals surface area contributed by atoms with Crippen LogP contribution in [0, 0.1) is 0 Å². The third-order valence-electron chi connectivity index (χ3n) is 2.78. The molecule has 126 valence electrons. The van der Waals surface area contributed by atoms with E-state index in [9.17, 15) is 14.4 Å². The second kappa shape index (κ2) is 8.32. The normalized spacial score (nSPS) is 9.92. The Balaban J connectivity index is 1.84. The number of nitrogens with one attached hydrogen (secondary N) is 2. The molecule has 1 aromatic carbocycles. The summed E-state index contributed by atoms with van der Waals surface area (Å²) in [7, 11) is 1.40. The Morgan fingerprint density at radius 1 is 1.21 bits per heavy atom. The quantitative estimate of drug-likeness (QED) is 0.622. The van der Waals surface area contributed by atoms with Crippen molar-refractivity contribution < 1.29 is 23.9 Å². The first kappa shape index (κ1) is 17.8. The number of amides is 2. The van der Waals surface area contributed by atoms with Crippen molar-refractivity contribution in [1.82, 2.24) is 10.9 Å². The Morgan fingerprint density at radius 2 is 2.00 bits per heavy atom. The lowest BCUT2D eigenvalue weighted by Crippen LogP contribution is -2.43. The molecule has 9 heteroatoms. The molecule has 0 radical (unpaired) electrons. The molecule has 0 fully saturated rings. The van der Waals surface area contributed by atoms with Crippen LogP contribution >= 0.6 is 22.9 Å². The van der Waals surface area contributed by atoms with Gasteiger partial charge in [0.1, 0.15) is 11.3 Å². The summed E-state index contributed by atoms with van der Waals surface area (Å²) in [5.41, 5.74) is 4.46. The molecule has 24 heavy (non-hydrogen) atoms. The maximum atomic E-state index is 12.0. The average Bonchev–Trinajstić information content (AvgIpc) is 3.12.